The van der Waals surface area contributed by atoms with Crippen LogP contribution in [-0.4, -0.2) is 83.2 Å². The number of nitrogens with one attached hydrogen (secondary N) is 3. The maximum absolute atomic E-state index is 13.0. The number of carbonyl (C=O) groups is 4. The van der Waals surface area contributed by atoms with Crippen LogP contribution in [-0.2, 0) is 27.3 Å². The van der Waals surface area contributed by atoms with Crippen molar-refractivity contribution in [1.29, 1.82) is 0 Å². The van der Waals surface area contributed by atoms with Crippen LogP contribution in [0, 0.1) is 0 Å². The molecule has 2 aromatic rings. The number of anilines is 1. The Kier molecular flexibility index (Phi) is 9.55. The molecule has 0 fully saturated rings. The summed E-state index contributed by atoms with van der Waals surface area (Å²) < 4.78 is 0. The molecule has 0 unspecified atom stereocenters. The van der Waals surface area contributed by atoms with Gasteiger partial charge in [-0.2, -0.15) is 0 Å². The zero-order valence-electron chi connectivity index (χ0n) is 19.7. The average molecular weight is 544 g/mol. The zero-order chi connectivity index (χ0) is 25.0. The first-order valence-corrected chi connectivity index (χ1v) is 11.6. The van der Waals surface area contributed by atoms with Crippen LogP contribution in [0.3, 0.4) is 0 Å². The van der Waals surface area contributed by atoms with Gasteiger partial charge in [-0.1, -0.05) is 11.6 Å². The Morgan fingerprint density at radius 2 is 1.94 bits per heavy atom. The third-order valence-electron chi connectivity index (χ3n) is 5.16. The third kappa shape index (κ3) is 7.10. The lowest BCUT2D eigenvalue weighted by Gasteiger charge is -2.31. The molecule has 1 aliphatic heterocycles. The zero-order valence-corrected chi connectivity index (χ0v) is 22.1. The fraction of sp³-hybridized carbons (Fsp3) is 0.429. The van der Waals surface area contributed by atoms with Crippen LogP contribution in [0.25, 0.3) is 0 Å². The highest BCUT2D eigenvalue weighted by molar-refractivity contribution is 7.13. The van der Waals surface area contributed by atoms with E-state index in [2.05, 4.69) is 30.8 Å². The van der Waals surface area contributed by atoms with Gasteiger partial charge in [0.25, 0.3) is 5.91 Å². The first-order valence-electron chi connectivity index (χ1n) is 10.4. The van der Waals surface area contributed by atoms with E-state index in [1.807, 2.05) is 7.05 Å². The summed E-state index contributed by atoms with van der Waals surface area (Å²) in [5.74, 6) is -2.80. The minimum atomic E-state index is -1.52. The van der Waals surface area contributed by atoms with Crippen LogP contribution in [0.4, 0.5) is 5.82 Å². The van der Waals surface area contributed by atoms with Crippen LogP contribution < -0.4 is 16.0 Å². The third-order valence-corrected chi connectivity index (χ3v) is 6.47. The molecule has 4 amide bonds. The molecular formula is C21H27Cl2N7O4S. The summed E-state index contributed by atoms with van der Waals surface area (Å²) in [6, 6.07) is 2.96. The van der Waals surface area contributed by atoms with Gasteiger partial charge in [-0.25, -0.2) is 9.97 Å². The maximum atomic E-state index is 13.0. The van der Waals surface area contributed by atoms with Gasteiger partial charge in [0.1, 0.15) is 11.4 Å². The minimum absolute atomic E-state index is 0. The summed E-state index contributed by atoms with van der Waals surface area (Å²) in [7, 11) is 5.06. The van der Waals surface area contributed by atoms with E-state index in [1.54, 1.807) is 0 Å². The molecule has 3 rings (SSSR count). The van der Waals surface area contributed by atoms with E-state index in [9.17, 15) is 19.2 Å². The summed E-state index contributed by atoms with van der Waals surface area (Å²) in [4.78, 5) is 63.2. The predicted octanol–water partition coefficient (Wildman–Crippen LogP) is 0.933. The van der Waals surface area contributed by atoms with Crippen molar-refractivity contribution in [1.82, 2.24) is 30.4 Å². The van der Waals surface area contributed by atoms with Gasteiger partial charge in [-0.05, 0) is 26.1 Å². The van der Waals surface area contributed by atoms with Crippen LogP contribution in [0.1, 0.15) is 27.3 Å². The van der Waals surface area contributed by atoms with Crippen molar-refractivity contribution in [3.05, 3.63) is 38.9 Å². The first-order chi connectivity index (χ1) is 16.0. The highest BCUT2D eigenvalue weighted by atomic mass is 35.5. The molecule has 0 spiro atoms. The molecule has 0 saturated heterocycles. The Balaban J connectivity index is 0.00000432. The van der Waals surface area contributed by atoms with Crippen LogP contribution in [0.15, 0.2) is 18.3 Å². The Hall–Kier alpha value is -2.80. The van der Waals surface area contributed by atoms with E-state index < -0.39 is 29.2 Å². The number of pyridine rings is 1. The second-order valence-corrected chi connectivity index (χ2v) is 9.88. The molecule has 14 heteroatoms. The van der Waals surface area contributed by atoms with E-state index in [4.69, 9.17) is 11.6 Å². The molecular weight excluding hydrogens is 517 g/mol. The lowest BCUT2D eigenvalue weighted by atomic mass is 10.00. The van der Waals surface area contributed by atoms with Crippen molar-refractivity contribution in [2.75, 3.05) is 39.5 Å². The lowest BCUT2D eigenvalue weighted by Crippen LogP contribution is -2.62. The molecule has 0 bridgehead atoms. The molecule has 35 heavy (non-hydrogen) atoms. The Morgan fingerprint density at radius 3 is 2.57 bits per heavy atom. The molecule has 0 radical (unpaired) electrons. The standard InChI is InChI=1S/C21H26ClN7O4S.ClH/c1-21(20(33)28(2)3,11-24-16(30)17(31)26-15-6-5-12(22)9-23-15)27-18(32)19-25-13-7-8-29(4)10-14(13)34-19;/h5-6,9H,7-8,10-11H2,1-4H3,(H,24,30)(H,27,32)(H,23,26,31);1H/t21-;/m0./s1. The monoisotopic (exact) mass is 543 g/mol. The molecule has 0 saturated carbocycles. The summed E-state index contributed by atoms with van der Waals surface area (Å²) in [6.07, 6.45) is 2.07. The molecule has 0 aromatic carbocycles. The summed E-state index contributed by atoms with van der Waals surface area (Å²) in [5, 5.41) is 8.07. The maximum Gasteiger partial charge on any atom is 0.314 e. The van der Waals surface area contributed by atoms with Gasteiger partial charge in [0, 0.05) is 51.2 Å². The van der Waals surface area contributed by atoms with Crippen LogP contribution in [0.5, 0.6) is 0 Å². The number of carbonyl (C=O) groups excluding carboxylic acids is 4. The summed E-state index contributed by atoms with van der Waals surface area (Å²) >= 11 is 7.04. The summed E-state index contributed by atoms with van der Waals surface area (Å²) in [5.41, 5.74) is -0.632. The van der Waals surface area contributed by atoms with E-state index in [0.717, 1.165) is 23.5 Å². The number of hydrogen-bond donors (Lipinski definition) is 3. The van der Waals surface area contributed by atoms with Gasteiger partial charge in [-0.15, -0.1) is 23.7 Å². The quantitative estimate of drug-likeness (QED) is 0.461. The molecule has 11 nitrogen and oxygen atoms in total. The van der Waals surface area contributed by atoms with Gasteiger partial charge < -0.3 is 25.8 Å². The Morgan fingerprint density at radius 1 is 1.23 bits per heavy atom. The molecule has 0 aliphatic carbocycles. The molecule has 3 heterocycles. The fourth-order valence-electron chi connectivity index (χ4n) is 3.35. The number of likely N-dealkylation sites (N-methyl/N-ethyl adjacent to an activating group) is 2. The molecule has 1 aliphatic rings. The number of thiazole rings is 1. The highest BCUT2D eigenvalue weighted by Crippen LogP contribution is 2.25. The Bertz CT molecular complexity index is 1110. The van der Waals surface area contributed by atoms with E-state index >= 15 is 0 Å². The second kappa shape index (κ2) is 11.8. The largest absolute Gasteiger partial charge is 0.347 e. The first kappa shape index (κ1) is 28.4. The van der Waals surface area contributed by atoms with E-state index in [-0.39, 0.29) is 29.8 Å². The van der Waals surface area contributed by atoms with Crippen molar-refractivity contribution < 1.29 is 19.2 Å². The Labute approximate surface area is 218 Å². The minimum Gasteiger partial charge on any atom is -0.347 e. The molecule has 1 atom stereocenters. The second-order valence-electron chi connectivity index (χ2n) is 8.36. The molecule has 2 aromatic heterocycles. The predicted molar refractivity (Wildman–Crippen MR) is 135 cm³/mol. The highest BCUT2D eigenvalue weighted by Gasteiger charge is 2.38. The van der Waals surface area contributed by atoms with Gasteiger partial charge in [0.2, 0.25) is 5.91 Å². The number of amides is 4. The van der Waals surface area contributed by atoms with Crippen molar-refractivity contribution in [3.63, 3.8) is 0 Å². The van der Waals surface area contributed by atoms with Crippen molar-refractivity contribution in [2.24, 2.45) is 0 Å². The number of nitrogens with zero attached hydrogens (tertiary/aromatic N) is 4. The number of rotatable bonds is 6. The SMILES string of the molecule is CN1CCc2nc(C(=O)N[C@@](C)(CNC(=O)C(=O)Nc3ccc(Cl)cn3)C(=O)N(C)C)sc2C1.Cl. The van der Waals surface area contributed by atoms with E-state index in [1.165, 1.54) is 55.6 Å². The number of hydrogen-bond acceptors (Lipinski definition) is 8. The normalized spacial score (nSPS) is 14.5. The van der Waals surface area contributed by atoms with Gasteiger partial charge in [0.05, 0.1) is 10.7 Å². The fourth-order valence-corrected chi connectivity index (χ4v) is 4.55. The van der Waals surface area contributed by atoms with Crippen molar-refractivity contribution in [3.8, 4) is 0 Å². The van der Waals surface area contributed by atoms with E-state index in [0.29, 0.717) is 11.6 Å². The lowest BCUT2D eigenvalue weighted by molar-refractivity contribution is -0.138. The van der Waals surface area contributed by atoms with Crippen molar-refractivity contribution >= 4 is 64.8 Å². The van der Waals surface area contributed by atoms with Gasteiger partial charge >= 0.3 is 11.8 Å². The summed E-state index contributed by atoms with van der Waals surface area (Å²) in [6.45, 7) is 2.73. The van der Waals surface area contributed by atoms with Crippen LogP contribution >= 0.6 is 35.3 Å². The molecule has 3 N–H and O–H groups in total. The smallest absolute Gasteiger partial charge is 0.314 e. The van der Waals surface area contributed by atoms with Crippen molar-refractivity contribution in [2.45, 2.75) is 25.4 Å². The molecule has 190 valence electrons. The van der Waals surface area contributed by atoms with Gasteiger partial charge in [-0.3, -0.25) is 19.2 Å². The average Bonchev–Trinajstić information content (AvgIpc) is 3.21. The number of aromatic nitrogens is 2. The number of fused-ring (bicyclic) bond motifs is 1. The topological polar surface area (TPSA) is 137 Å². The van der Waals surface area contributed by atoms with Gasteiger partial charge in [0.15, 0.2) is 5.01 Å². The number of halogens is 2. The van der Waals surface area contributed by atoms with Crippen LogP contribution in [0.2, 0.25) is 5.02 Å².